The molecule has 2 aromatic heterocycles. The first-order chi connectivity index (χ1) is 12.0. The van der Waals surface area contributed by atoms with Crippen molar-refractivity contribution in [1.82, 2.24) is 19.3 Å². The quantitative estimate of drug-likeness (QED) is 0.772. The molecule has 0 aliphatic carbocycles. The maximum Gasteiger partial charge on any atom is 0.274 e. The minimum absolute atomic E-state index is 0.0687. The lowest BCUT2D eigenvalue weighted by Crippen LogP contribution is -2.23. The molecule has 3 aromatic rings. The van der Waals surface area contributed by atoms with E-state index in [9.17, 15) is 9.59 Å². The van der Waals surface area contributed by atoms with Crippen LogP contribution in [-0.2, 0) is 0 Å². The fourth-order valence-electron chi connectivity index (χ4n) is 3.53. The van der Waals surface area contributed by atoms with Gasteiger partial charge in [-0.25, -0.2) is 4.98 Å². The van der Waals surface area contributed by atoms with E-state index in [1.165, 1.54) is 0 Å². The van der Waals surface area contributed by atoms with E-state index in [0.29, 0.717) is 22.3 Å². The number of benzene rings is 1. The Hall–Kier alpha value is -2.83. The lowest BCUT2D eigenvalue weighted by atomic mass is 10.1. The van der Waals surface area contributed by atoms with E-state index in [1.807, 2.05) is 17.4 Å². The zero-order chi connectivity index (χ0) is 17.7. The molecule has 130 valence electrons. The Labute approximate surface area is 144 Å². The Kier molecular flexibility index (Phi) is 3.52. The second-order valence-electron chi connectivity index (χ2n) is 6.76. The lowest BCUT2D eigenvalue weighted by Gasteiger charge is -2.17. The molecule has 3 heterocycles. The van der Waals surface area contributed by atoms with Gasteiger partial charge in [0.15, 0.2) is 0 Å². The van der Waals surface area contributed by atoms with Gasteiger partial charge in [0.1, 0.15) is 5.52 Å². The van der Waals surface area contributed by atoms with Crippen molar-refractivity contribution in [2.45, 2.75) is 19.8 Å². The highest BCUT2D eigenvalue weighted by atomic mass is 16.2. The first kappa shape index (κ1) is 15.7. The summed E-state index contributed by atoms with van der Waals surface area (Å²) in [5.41, 5.74) is 3.17. The number of carbonyl (C=O) groups is 1. The minimum atomic E-state index is -0.158. The van der Waals surface area contributed by atoms with Gasteiger partial charge in [-0.05, 0) is 38.0 Å². The highest BCUT2D eigenvalue weighted by Gasteiger charge is 2.22. The Morgan fingerprint density at radius 3 is 2.64 bits per heavy atom. The van der Waals surface area contributed by atoms with E-state index in [1.54, 1.807) is 31.1 Å². The largest absolute Gasteiger partial charge is 0.345 e. The fourth-order valence-corrected chi connectivity index (χ4v) is 3.53. The zero-order valence-electron chi connectivity index (χ0n) is 14.7. The van der Waals surface area contributed by atoms with E-state index in [-0.39, 0.29) is 11.5 Å². The summed E-state index contributed by atoms with van der Waals surface area (Å²) < 4.78 is 1.90. The Morgan fingerprint density at radius 1 is 1.24 bits per heavy atom. The molecule has 1 aliphatic heterocycles. The number of amides is 1. The smallest absolute Gasteiger partial charge is 0.274 e. The molecule has 1 aliphatic rings. The van der Waals surface area contributed by atoms with Crippen LogP contribution in [0.1, 0.15) is 28.9 Å². The number of carbonyl (C=O) groups excluding carboxylic acids is 1. The zero-order valence-corrected chi connectivity index (χ0v) is 14.7. The monoisotopic (exact) mass is 339 g/mol. The number of aryl methyl sites for hydroxylation is 1. The predicted octanol–water partition coefficient (Wildman–Crippen LogP) is 1.79. The second-order valence-corrected chi connectivity index (χ2v) is 6.76. The second kappa shape index (κ2) is 5.61. The molecule has 7 nitrogen and oxygen atoms in total. The predicted molar refractivity (Wildman–Crippen MR) is 97.5 cm³/mol. The molecule has 1 fully saturated rings. The molecule has 0 spiro atoms. The fraction of sp³-hybridized carbons (Fsp3) is 0.389. The summed E-state index contributed by atoms with van der Waals surface area (Å²) in [6.45, 7) is 3.72. The molecule has 1 N–H and O–H groups in total. The molecule has 1 aromatic carbocycles. The summed E-state index contributed by atoms with van der Waals surface area (Å²) in [4.78, 5) is 36.2. The number of nitrogens with one attached hydrogen (secondary N) is 1. The summed E-state index contributed by atoms with van der Waals surface area (Å²) in [6, 6.07) is 5.36. The molecule has 4 rings (SSSR count). The molecule has 7 heteroatoms. The third kappa shape index (κ3) is 2.38. The molecular weight excluding hydrogens is 318 g/mol. The van der Waals surface area contributed by atoms with E-state index in [2.05, 4.69) is 14.9 Å². The summed E-state index contributed by atoms with van der Waals surface area (Å²) >= 11 is 0. The van der Waals surface area contributed by atoms with Crippen LogP contribution in [0.2, 0.25) is 0 Å². The molecule has 1 saturated heterocycles. The number of imidazole rings is 1. The van der Waals surface area contributed by atoms with Crippen molar-refractivity contribution < 1.29 is 4.79 Å². The topological polar surface area (TPSA) is 73.7 Å². The molecule has 0 atom stereocenters. The van der Waals surface area contributed by atoms with Crippen molar-refractivity contribution in [3.8, 4) is 0 Å². The van der Waals surface area contributed by atoms with Crippen LogP contribution in [0, 0.1) is 6.92 Å². The minimum Gasteiger partial charge on any atom is -0.345 e. The summed E-state index contributed by atoms with van der Waals surface area (Å²) in [6.07, 6.45) is 2.25. The number of aromatic amines is 1. The summed E-state index contributed by atoms with van der Waals surface area (Å²) in [7, 11) is 3.46. The molecule has 0 unspecified atom stereocenters. The number of hydrogen-bond acceptors (Lipinski definition) is 4. The van der Waals surface area contributed by atoms with Gasteiger partial charge in [-0.1, -0.05) is 0 Å². The van der Waals surface area contributed by atoms with Crippen LogP contribution >= 0.6 is 0 Å². The normalized spacial score (nSPS) is 14.6. The molecule has 0 saturated carbocycles. The molecule has 25 heavy (non-hydrogen) atoms. The Morgan fingerprint density at radius 2 is 1.96 bits per heavy atom. The standard InChI is InChI=1S/C18H21N5O2/c1-11-15-16(24)20-13-7-6-12(17(25)21(2)3)10-14(13)23(15)18(19-11)22-8-4-5-9-22/h6-7,10H,4-5,8-9H2,1-3H3,(H,20,24). The van der Waals surface area contributed by atoms with Crippen LogP contribution < -0.4 is 10.5 Å². The third-order valence-electron chi connectivity index (χ3n) is 4.78. The lowest BCUT2D eigenvalue weighted by molar-refractivity contribution is 0.0827. The SMILES string of the molecule is Cc1nc(N2CCCC2)n2c1c(=O)[nH]c1ccc(C(=O)N(C)C)cc12. The van der Waals surface area contributed by atoms with Crippen molar-refractivity contribution in [2.24, 2.45) is 0 Å². The van der Waals surface area contributed by atoms with Crippen LogP contribution in [0.25, 0.3) is 16.6 Å². The van der Waals surface area contributed by atoms with Gasteiger partial charge in [-0.2, -0.15) is 0 Å². The number of H-pyrrole nitrogens is 1. The van der Waals surface area contributed by atoms with Gasteiger partial charge in [-0.3, -0.25) is 14.0 Å². The molecule has 1 amide bonds. The van der Waals surface area contributed by atoms with Gasteiger partial charge in [0.05, 0.1) is 16.7 Å². The maximum atomic E-state index is 12.6. The number of aromatic nitrogens is 3. The van der Waals surface area contributed by atoms with Gasteiger partial charge in [-0.15, -0.1) is 0 Å². The summed E-state index contributed by atoms with van der Waals surface area (Å²) in [5.74, 6) is 0.719. The van der Waals surface area contributed by atoms with Gasteiger partial charge in [0.2, 0.25) is 5.95 Å². The van der Waals surface area contributed by atoms with Gasteiger partial charge >= 0.3 is 0 Å². The van der Waals surface area contributed by atoms with E-state index in [0.717, 1.165) is 37.4 Å². The highest BCUT2D eigenvalue weighted by Crippen LogP contribution is 2.26. The molecule has 0 bridgehead atoms. The number of hydrogen-bond donors (Lipinski definition) is 1. The van der Waals surface area contributed by atoms with Crippen LogP contribution in [0.5, 0.6) is 0 Å². The maximum absolute atomic E-state index is 12.6. The van der Waals surface area contributed by atoms with Crippen molar-refractivity contribution in [1.29, 1.82) is 0 Å². The van der Waals surface area contributed by atoms with E-state index >= 15 is 0 Å². The van der Waals surface area contributed by atoms with Crippen molar-refractivity contribution in [2.75, 3.05) is 32.1 Å². The van der Waals surface area contributed by atoms with Crippen LogP contribution in [-0.4, -0.2) is 52.4 Å². The summed E-state index contributed by atoms with van der Waals surface area (Å²) in [5, 5.41) is 0. The first-order valence-corrected chi connectivity index (χ1v) is 8.49. The number of rotatable bonds is 2. The van der Waals surface area contributed by atoms with Gasteiger partial charge in [0, 0.05) is 32.7 Å². The average molecular weight is 339 g/mol. The van der Waals surface area contributed by atoms with Crippen molar-refractivity contribution in [3.05, 3.63) is 39.8 Å². The van der Waals surface area contributed by atoms with Crippen molar-refractivity contribution >= 4 is 28.4 Å². The Bertz CT molecular complexity index is 1040. The Balaban J connectivity index is 2.07. The van der Waals surface area contributed by atoms with Crippen molar-refractivity contribution in [3.63, 3.8) is 0 Å². The number of nitrogens with zero attached hydrogens (tertiary/aromatic N) is 4. The van der Waals surface area contributed by atoms with Crippen LogP contribution in [0.4, 0.5) is 5.95 Å². The first-order valence-electron chi connectivity index (χ1n) is 8.49. The van der Waals surface area contributed by atoms with Crippen LogP contribution in [0.15, 0.2) is 23.0 Å². The highest BCUT2D eigenvalue weighted by molar-refractivity contribution is 5.97. The molecular formula is C18H21N5O2. The van der Waals surface area contributed by atoms with Gasteiger partial charge in [0.25, 0.3) is 11.5 Å². The number of anilines is 1. The van der Waals surface area contributed by atoms with E-state index < -0.39 is 0 Å². The molecule has 0 radical (unpaired) electrons. The van der Waals surface area contributed by atoms with E-state index in [4.69, 9.17) is 0 Å². The van der Waals surface area contributed by atoms with Crippen LogP contribution in [0.3, 0.4) is 0 Å². The number of fused-ring (bicyclic) bond motifs is 3. The average Bonchev–Trinajstić information content (AvgIpc) is 3.22. The third-order valence-corrected chi connectivity index (χ3v) is 4.78. The van der Waals surface area contributed by atoms with Gasteiger partial charge < -0.3 is 14.8 Å².